The molecule has 0 amide bonds. The van der Waals surface area contributed by atoms with Gasteiger partial charge in [-0.25, -0.2) is 8.78 Å². The first-order chi connectivity index (χ1) is 14.9. The SMILES string of the molecule is CCNC(=NCCc1c(C)noc1C)N1CCN(C(CC)c2ccc(F)cc2F)CC1.I. The van der Waals surface area contributed by atoms with E-state index in [0.717, 1.165) is 74.6 Å². The summed E-state index contributed by atoms with van der Waals surface area (Å²) in [5, 5.41) is 7.39. The fraction of sp³-hybridized carbons (Fsp3) is 0.565. The van der Waals surface area contributed by atoms with Crippen molar-refractivity contribution >= 4 is 29.9 Å². The molecule has 1 unspecified atom stereocenters. The fourth-order valence-electron chi connectivity index (χ4n) is 4.25. The molecule has 0 aliphatic carbocycles. The van der Waals surface area contributed by atoms with Crippen molar-refractivity contribution in [1.82, 2.24) is 20.3 Å². The predicted molar refractivity (Wildman–Crippen MR) is 134 cm³/mol. The number of nitrogens with zero attached hydrogens (tertiary/aromatic N) is 4. The first-order valence-corrected chi connectivity index (χ1v) is 11.1. The van der Waals surface area contributed by atoms with E-state index in [4.69, 9.17) is 9.52 Å². The third kappa shape index (κ3) is 6.40. The largest absolute Gasteiger partial charge is 0.361 e. The molecule has 178 valence electrons. The Morgan fingerprint density at radius 2 is 1.91 bits per heavy atom. The van der Waals surface area contributed by atoms with Crippen LogP contribution in [0.2, 0.25) is 0 Å². The second kappa shape index (κ2) is 12.5. The average molecular weight is 561 g/mol. The summed E-state index contributed by atoms with van der Waals surface area (Å²) in [5.74, 6) is 0.743. The van der Waals surface area contributed by atoms with E-state index in [-0.39, 0.29) is 30.0 Å². The highest BCUT2D eigenvalue weighted by molar-refractivity contribution is 14.0. The third-order valence-electron chi connectivity index (χ3n) is 5.90. The van der Waals surface area contributed by atoms with E-state index in [0.29, 0.717) is 12.1 Å². The second-order valence-electron chi connectivity index (χ2n) is 7.90. The fourth-order valence-corrected chi connectivity index (χ4v) is 4.25. The molecule has 0 spiro atoms. The molecule has 9 heteroatoms. The van der Waals surface area contributed by atoms with E-state index in [2.05, 4.69) is 27.2 Å². The van der Waals surface area contributed by atoms with Crippen LogP contribution in [0.5, 0.6) is 0 Å². The Hall–Kier alpha value is -1.75. The van der Waals surface area contributed by atoms with Gasteiger partial charge in [0.25, 0.3) is 0 Å². The molecule has 1 N–H and O–H groups in total. The lowest BCUT2D eigenvalue weighted by Gasteiger charge is -2.40. The first kappa shape index (κ1) is 26.5. The number of halogens is 3. The van der Waals surface area contributed by atoms with E-state index in [1.165, 1.54) is 6.07 Å². The van der Waals surface area contributed by atoms with Crippen molar-refractivity contribution in [2.24, 2.45) is 4.99 Å². The number of guanidine groups is 1. The maximum Gasteiger partial charge on any atom is 0.194 e. The molecule has 32 heavy (non-hydrogen) atoms. The Balaban J connectivity index is 0.00000363. The van der Waals surface area contributed by atoms with E-state index in [9.17, 15) is 8.78 Å². The lowest BCUT2D eigenvalue weighted by molar-refractivity contribution is 0.124. The van der Waals surface area contributed by atoms with Gasteiger partial charge in [0.05, 0.1) is 5.69 Å². The van der Waals surface area contributed by atoms with Crippen molar-refractivity contribution in [3.05, 3.63) is 52.4 Å². The maximum atomic E-state index is 14.3. The smallest absolute Gasteiger partial charge is 0.194 e. The van der Waals surface area contributed by atoms with Crippen LogP contribution in [0.1, 0.15) is 48.9 Å². The molecule has 1 aromatic carbocycles. The number of aryl methyl sites for hydroxylation is 2. The number of hydrogen-bond donors (Lipinski definition) is 1. The molecular weight excluding hydrogens is 527 g/mol. The molecule has 3 rings (SSSR count). The molecule has 1 aliphatic rings. The molecule has 0 radical (unpaired) electrons. The number of aromatic nitrogens is 1. The van der Waals surface area contributed by atoms with Crippen molar-refractivity contribution in [3.8, 4) is 0 Å². The van der Waals surface area contributed by atoms with Gasteiger partial charge in [0, 0.05) is 62.5 Å². The molecule has 2 heterocycles. The van der Waals surface area contributed by atoms with Crippen LogP contribution in [0, 0.1) is 25.5 Å². The van der Waals surface area contributed by atoms with Crippen LogP contribution in [0.4, 0.5) is 8.78 Å². The molecule has 2 aromatic rings. The van der Waals surface area contributed by atoms with Crippen molar-refractivity contribution in [2.45, 2.75) is 46.6 Å². The Bertz CT molecular complexity index is 877. The first-order valence-electron chi connectivity index (χ1n) is 11.1. The Labute approximate surface area is 206 Å². The summed E-state index contributed by atoms with van der Waals surface area (Å²) in [6, 6.07) is 3.84. The van der Waals surface area contributed by atoms with Crippen molar-refractivity contribution in [3.63, 3.8) is 0 Å². The highest BCUT2D eigenvalue weighted by Crippen LogP contribution is 2.28. The van der Waals surface area contributed by atoms with Gasteiger partial charge in [0.2, 0.25) is 0 Å². The van der Waals surface area contributed by atoms with Gasteiger partial charge >= 0.3 is 0 Å². The van der Waals surface area contributed by atoms with Crippen LogP contribution < -0.4 is 5.32 Å². The van der Waals surface area contributed by atoms with Gasteiger partial charge in [-0.3, -0.25) is 9.89 Å². The Morgan fingerprint density at radius 3 is 2.47 bits per heavy atom. The quantitative estimate of drug-likeness (QED) is 0.308. The Morgan fingerprint density at radius 1 is 1.19 bits per heavy atom. The average Bonchev–Trinajstić information content (AvgIpc) is 3.07. The molecule has 1 fully saturated rings. The minimum atomic E-state index is -0.538. The molecule has 1 aliphatic heterocycles. The van der Waals surface area contributed by atoms with Crippen LogP contribution in [0.25, 0.3) is 0 Å². The number of hydrogen-bond acceptors (Lipinski definition) is 4. The molecule has 0 saturated carbocycles. The lowest BCUT2D eigenvalue weighted by atomic mass is 10.0. The van der Waals surface area contributed by atoms with Crippen molar-refractivity contribution < 1.29 is 13.3 Å². The molecule has 1 atom stereocenters. The standard InChI is InChI=1S/C23H33F2N5O.HI/c1-5-22(20-8-7-18(24)15-21(20)25)29-11-13-30(14-12-29)23(26-6-2)27-10-9-19-16(3)28-31-17(19)4;/h7-8,15,22H,5-6,9-14H2,1-4H3,(H,26,27);1H. The summed E-state index contributed by atoms with van der Waals surface area (Å²) < 4.78 is 32.9. The van der Waals surface area contributed by atoms with Gasteiger partial charge in [-0.2, -0.15) is 0 Å². The summed E-state index contributed by atoms with van der Waals surface area (Å²) in [7, 11) is 0. The zero-order valence-corrected chi connectivity index (χ0v) is 21.7. The summed E-state index contributed by atoms with van der Waals surface area (Å²) in [5.41, 5.74) is 2.61. The van der Waals surface area contributed by atoms with Crippen LogP contribution in [-0.2, 0) is 6.42 Å². The molecule has 1 saturated heterocycles. The number of rotatable bonds is 7. The summed E-state index contributed by atoms with van der Waals surface area (Å²) in [6.45, 7) is 12.6. The minimum absolute atomic E-state index is 0. The van der Waals surface area contributed by atoms with Crippen LogP contribution in [0.15, 0.2) is 27.7 Å². The Kier molecular flexibility index (Phi) is 10.3. The van der Waals surface area contributed by atoms with Gasteiger partial charge in [-0.05, 0) is 39.7 Å². The van der Waals surface area contributed by atoms with Crippen LogP contribution in [0.3, 0.4) is 0 Å². The number of benzene rings is 1. The number of nitrogens with one attached hydrogen (secondary N) is 1. The monoisotopic (exact) mass is 561 g/mol. The normalized spacial score (nSPS) is 16.1. The van der Waals surface area contributed by atoms with Crippen molar-refractivity contribution in [2.75, 3.05) is 39.3 Å². The highest BCUT2D eigenvalue weighted by atomic mass is 127. The van der Waals surface area contributed by atoms with E-state index in [1.807, 2.05) is 20.8 Å². The van der Waals surface area contributed by atoms with Gasteiger partial charge < -0.3 is 14.7 Å². The number of piperazine rings is 1. The summed E-state index contributed by atoms with van der Waals surface area (Å²) in [4.78, 5) is 9.34. The van der Waals surface area contributed by atoms with E-state index in [1.54, 1.807) is 6.07 Å². The third-order valence-corrected chi connectivity index (χ3v) is 5.90. The van der Waals surface area contributed by atoms with Gasteiger partial charge in [0.15, 0.2) is 5.96 Å². The van der Waals surface area contributed by atoms with Crippen LogP contribution in [-0.4, -0.2) is 60.2 Å². The molecule has 6 nitrogen and oxygen atoms in total. The summed E-state index contributed by atoms with van der Waals surface area (Å²) in [6.07, 6.45) is 1.56. The molecule has 1 aromatic heterocycles. The van der Waals surface area contributed by atoms with Crippen LogP contribution >= 0.6 is 24.0 Å². The van der Waals surface area contributed by atoms with Gasteiger partial charge in [-0.1, -0.05) is 18.1 Å². The van der Waals surface area contributed by atoms with Crippen molar-refractivity contribution in [1.29, 1.82) is 0 Å². The topological polar surface area (TPSA) is 56.9 Å². The van der Waals surface area contributed by atoms with Gasteiger partial charge in [-0.15, -0.1) is 24.0 Å². The number of aliphatic imine (C=N–C) groups is 1. The van der Waals surface area contributed by atoms with E-state index < -0.39 is 11.6 Å². The van der Waals surface area contributed by atoms with E-state index >= 15 is 0 Å². The zero-order valence-electron chi connectivity index (χ0n) is 19.3. The maximum absolute atomic E-state index is 14.3. The predicted octanol–water partition coefficient (Wildman–Crippen LogP) is 4.46. The summed E-state index contributed by atoms with van der Waals surface area (Å²) >= 11 is 0. The van der Waals surface area contributed by atoms with Gasteiger partial charge in [0.1, 0.15) is 17.4 Å². The highest BCUT2D eigenvalue weighted by Gasteiger charge is 2.27. The second-order valence-corrected chi connectivity index (χ2v) is 7.90. The molecular formula is C23H34F2IN5O. The molecule has 0 bridgehead atoms. The lowest BCUT2D eigenvalue weighted by Crippen LogP contribution is -2.53. The zero-order chi connectivity index (χ0) is 22.4. The minimum Gasteiger partial charge on any atom is -0.361 e.